The van der Waals surface area contributed by atoms with E-state index in [0.717, 1.165) is 57.8 Å². The van der Waals surface area contributed by atoms with Gasteiger partial charge in [-0.3, -0.25) is 4.79 Å². The van der Waals surface area contributed by atoms with Crippen molar-refractivity contribution in [1.29, 1.82) is 0 Å². The Balaban J connectivity index is 2.34. The van der Waals surface area contributed by atoms with E-state index in [4.69, 9.17) is 9.47 Å². The van der Waals surface area contributed by atoms with Crippen LogP contribution in [-0.2, 0) is 14.3 Å². The van der Waals surface area contributed by atoms with Crippen molar-refractivity contribution < 1.29 is 44.9 Å². The van der Waals surface area contributed by atoms with Crippen LogP contribution >= 0.6 is 0 Å². The zero-order chi connectivity index (χ0) is 43.2. The van der Waals surface area contributed by atoms with E-state index in [1.54, 1.807) is 0 Å². The van der Waals surface area contributed by atoms with Crippen LogP contribution in [0.3, 0.4) is 0 Å². The Hall–Kier alpha value is -1.11. The van der Waals surface area contributed by atoms with Crippen LogP contribution in [0.25, 0.3) is 0 Å². The highest BCUT2D eigenvalue weighted by Gasteiger charge is 2.44. The molecule has 0 spiro atoms. The molecule has 350 valence electrons. The molecule has 10 heteroatoms. The number of carbonyl (C=O) groups is 1. The lowest BCUT2D eigenvalue weighted by Crippen LogP contribution is -2.60. The minimum absolute atomic E-state index is 0.254. The van der Waals surface area contributed by atoms with Gasteiger partial charge >= 0.3 is 0 Å². The summed E-state index contributed by atoms with van der Waals surface area (Å²) in [7, 11) is 0. The summed E-state index contributed by atoms with van der Waals surface area (Å²) in [4.78, 5) is 13.1. The molecule has 8 atom stereocenters. The molecule has 0 saturated carbocycles. The van der Waals surface area contributed by atoms with Crippen LogP contribution < -0.4 is 5.32 Å². The maximum absolute atomic E-state index is 13.1. The molecule has 0 aromatic carbocycles. The Morgan fingerprint density at radius 3 is 1.37 bits per heavy atom. The number of amides is 1. The van der Waals surface area contributed by atoms with Crippen LogP contribution in [0, 0.1) is 0 Å². The van der Waals surface area contributed by atoms with E-state index >= 15 is 0 Å². The molecule has 1 rings (SSSR count). The number of allylic oxidation sites excluding steroid dienone is 2. The lowest BCUT2D eigenvalue weighted by atomic mass is 9.99. The number of nitrogens with one attached hydrogen (secondary N) is 1. The van der Waals surface area contributed by atoms with E-state index in [2.05, 4.69) is 31.3 Å². The van der Waals surface area contributed by atoms with Crippen molar-refractivity contribution in [3.63, 3.8) is 0 Å². The third kappa shape index (κ3) is 29.8. The van der Waals surface area contributed by atoms with Gasteiger partial charge in [0, 0.05) is 0 Å². The molecule has 1 aliphatic rings. The minimum atomic E-state index is -1.60. The summed E-state index contributed by atoms with van der Waals surface area (Å²) >= 11 is 0. The maximum Gasteiger partial charge on any atom is 0.249 e. The van der Waals surface area contributed by atoms with Crippen molar-refractivity contribution in [3.05, 3.63) is 12.2 Å². The van der Waals surface area contributed by atoms with E-state index in [0.29, 0.717) is 12.8 Å². The van der Waals surface area contributed by atoms with Crippen LogP contribution in [0.5, 0.6) is 0 Å². The number of unbranched alkanes of at least 4 members (excludes halogenated alkanes) is 29. The highest BCUT2D eigenvalue weighted by molar-refractivity contribution is 5.80. The third-order valence-corrected chi connectivity index (χ3v) is 12.2. The quantitative estimate of drug-likeness (QED) is 0.0234. The highest BCUT2D eigenvalue weighted by atomic mass is 16.7. The molecule has 1 saturated heterocycles. The van der Waals surface area contributed by atoms with Crippen LogP contribution in [0.15, 0.2) is 12.2 Å². The topological polar surface area (TPSA) is 169 Å². The van der Waals surface area contributed by atoms with Crippen LogP contribution in [0.2, 0.25) is 0 Å². The summed E-state index contributed by atoms with van der Waals surface area (Å²) in [5.74, 6) is -0.586. The van der Waals surface area contributed by atoms with Gasteiger partial charge in [0.05, 0.1) is 25.4 Å². The van der Waals surface area contributed by atoms with Gasteiger partial charge in [-0.1, -0.05) is 206 Å². The molecule has 0 radical (unpaired) electrons. The van der Waals surface area contributed by atoms with Crippen molar-refractivity contribution in [2.24, 2.45) is 0 Å². The predicted molar refractivity (Wildman–Crippen MR) is 241 cm³/mol. The second-order valence-electron chi connectivity index (χ2n) is 17.8. The third-order valence-electron chi connectivity index (χ3n) is 12.2. The van der Waals surface area contributed by atoms with Crippen LogP contribution in [0.4, 0.5) is 0 Å². The largest absolute Gasteiger partial charge is 0.394 e. The van der Waals surface area contributed by atoms with E-state index in [1.807, 2.05) is 0 Å². The van der Waals surface area contributed by atoms with E-state index in [9.17, 15) is 35.4 Å². The number of hydrogen-bond donors (Lipinski definition) is 7. The standard InChI is InChI=1S/C49H95NO9/c1-3-5-7-9-11-13-15-17-19-20-21-22-24-26-28-30-32-34-36-38-43(53)48(57)50-41(40-58-49-47(56)46(55)45(54)44(39-51)59-49)42(52)37-35-33-31-29-27-25-23-18-16-14-12-10-8-6-4-2/h21-22,41-47,49,51-56H,3-20,23-40H2,1-2H3,(H,50,57)/b22-21-. The molecule has 1 fully saturated rings. The SMILES string of the molecule is CCCCCCCCCCC/C=C\CCCCCCCCC(O)C(=O)NC(COC1OC(CO)C(O)C(O)C1O)C(O)CCCCCCCCCCCCCCCCC. The molecule has 0 aliphatic carbocycles. The lowest BCUT2D eigenvalue weighted by Gasteiger charge is -2.40. The fraction of sp³-hybridized carbons (Fsp3) is 0.939. The monoisotopic (exact) mass is 842 g/mol. The zero-order valence-corrected chi connectivity index (χ0v) is 38.1. The van der Waals surface area contributed by atoms with Crippen molar-refractivity contribution >= 4 is 5.91 Å². The maximum atomic E-state index is 13.1. The molecule has 0 aromatic heterocycles. The molecule has 1 heterocycles. The fourth-order valence-corrected chi connectivity index (χ4v) is 8.10. The average Bonchev–Trinajstić information content (AvgIpc) is 3.23. The molecule has 1 amide bonds. The smallest absolute Gasteiger partial charge is 0.249 e. The van der Waals surface area contributed by atoms with Gasteiger partial charge in [-0.25, -0.2) is 0 Å². The molecular formula is C49H95NO9. The van der Waals surface area contributed by atoms with Gasteiger partial charge in [0.15, 0.2) is 6.29 Å². The van der Waals surface area contributed by atoms with Gasteiger partial charge in [-0.2, -0.15) is 0 Å². The first-order valence-corrected chi connectivity index (χ1v) is 25.0. The summed E-state index contributed by atoms with van der Waals surface area (Å²) in [6.07, 6.45) is 35.4. The molecule has 10 nitrogen and oxygen atoms in total. The molecule has 7 N–H and O–H groups in total. The van der Waals surface area contributed by atoms with Crippen molar-refractivity contribution in [2.75, 3.05) is 13.2 Å². The normalized spacial score (nSPS) is 21.3. The van der Waals surface area contributed by atoms with Crippen LogP contribution in [0.1, 0.15) is 232 Å². The first-order chi connectivity index (χ1) is 28.8. The predicted octanol–water partition coefficient (Wildman–Crippen LogP) is 9.87. The van der Waals surface area contributed by atoms with Gasteiger partial charge in [-0.15, -0.1) is 0 Å². The van der Waals surface area contributed by atoms with E-state index in [1.165, 1.54) is 148 Å². The average molecular weight is 842 g/mol. The Kier molecular flexibility index (Phi) is 37.6. The fourth-order valence-electron chi connectivity index (χ4n) is 8.10. The van der Waals surface area contributed by atoms with Crippen LogP contribution in [-0.4, -0.2) is 98.7 Å². The summed E-state index contributed by atoms with van der Waals surface area (Å²) < 4.78 is 11.2. The zero-order valence-electron chi connectivity index (χ0n) is 38.1. The second kappa shape index (κ2) is 39.7. The van der Waals surface area contributed by atoms with Gasteiger partial charge in [-0.05, 0) is 38.5 Å². The Morgan fingerprint density at radius 2 is 0.949 bits per heavy atom. The van der Waals surface area contributed by atoms with E-state index < -0.39 is 61.5 Å². The summed E-state index contributed by atoms with van der Waals surface area (Å²) in [6.45, 7) is 3.68. The number of hydrogen-bond acceptors (Lipinski definition) is 9. The Bertz CT molecular complexity index is 952. The van der Waals surface area contributed by atoms with Gasteiger partial charge in [0.25, 0.3) is 0 Å². The highest BCUT2D eigenvalue weighted by Crippen LogP contribution is 2.23. The second-order valence-corrected chi connectivity index (χ2v) is 17.8. The van der Waals surface area contributed by atoms with E-state index in [-0.39, 0.29) is 6.61 Å². The number of aliphatic hydroxyl groups excluding tert-OH is 6. The molecule has 1 aliphatic heterocycles. The number of carbonyl (C=O) groups excluding carboxylic acids is 1. The molecule has 8 unspecified atom stereocenters. The molecule has 0 bridgehead atoms. The van der Waals surface area contributed by atoms with Crippen molar-refractivity contribution in [2.45, 2.75) is 281 Å². The summed E-state index contributed by atoms with van der Waals surface area (Å²) in [5.41, 5.74) is 0. The Morgan fingerprint density at radius 1 is 0.559 bits per heavy atom. The van der Waals surface area contributed by atoms with Gasteiger partial charge in [0.2, 0.25) is 5.91 Å². The first-order valence-electron chi connectivity index (χ1n) is 25.0. The van der Waals surface area contributed by atoms with Crippen molar-refractivity contribution in [3.8, 4) is 0 Å². The molecule has 0 aromatic rings. The summed E-state index contributed by atoms with van der Waals surface area (Å²) in [6, 6.07) is -0.893. The first kappa shape index (κ1) is 55.9. The summed E-state index contributed by atoms with van der Waals surface area (Å²) in [5, 5.41) is 64.9. The van der Waals surface area contributed by atoms with Gasteiger partial charge < -0.3 is 45.4 Å². The minimum Gasteiger partial charge on any atom is -0.394 e. The number of aliphatic hydroxyl groups is 6. The molecule has 59 heavy (non-hydrogen) atoms. The van der Waals surface area contributed by atoms with Crippen molar-refractivity contribution in [1.82, 2.24) is 5.32 Å². The lowest BCUT2D eigenvalue weighted by molar-refractivity contribution is -0.302. The Labute approximate surface area is 361 Å². The number of rotatable bonds is 42. The number of ether oxygens (including phenoxy) is 2. The molecular weight excluding hydrogens is 747 g/mol. The van der Waals surface area contributed by atoms with Gasteiger partial charge in [0.1, 0.15) is 30.5 Å².